The van der Waals surface area contributed by atoms with E-state index < -0.39 is 21.1 Å². The molecule has 2 rings (SSSR count). The van der Waals surface area contributed by atoms with Gasteiger partial charge in [0.2, 0.25) is 0 Å². The Balaban J connectivity index is 2.01. The van der Waals surface area contributed by atoms with Crippen molar-refractivity contribution in [1.29, 1.82) is 0 Å². The van der Waals surface area contributed by atoms with Crippen LogP contribution in [-0.2, 0) is 10.2 Å². The van der Waals surface area contributed by atoms with Gasteiger partial charge < -0.3 is 10.6 Å². The molecule has 0 fully saturated rings. The zero-order chi connectivity index (χ0) is 16.2. The van der Waals surface area contributed by atoms with Crippen LogP contribution >= 0.6 is 0 Å². The lowest BCUT2D eigenvalue weighted by atomic mass is 10.2. The molecule has 0 aliphatic heterocycles. The summed E-state index contributed by atoms with van der Waals surface area (Å²) < 4.78 is 34.1. The van der Waals surface area contributed by atoms with Gasteiger partial charge in [0, 0.05) is 16.9 Å². The maximum atomic E-state index is 12.7. The largest absolute Gasteiger partial charge is 0.332 e. The van der Waals surface area contributed by atoms with E-state index >= 15 is 0 Å². The first-order valence-electron chi connectivity index (χ1n) is 6.08. The normalized spacial score (nSPS) is 10.5. The van der Waals surface area contributed by atoms with Crippen molar-refractivity contribution < 1.29 is 17.1 Å². The molecular formula is C15H11FN2O3S. The number of terminal acetylenes is 1. The Morgan fingerprint density at radius 2 is 1.41 bits per heavy atom. The smallest absolute Gasteiger partial charge is 0.308 e. The van der Waals surface area contributed by atoms with Gasteiger partial charge in [0.25, 0.3) is 0 Å². The fourth-order valence-electron chi connectivity index (χ4n) is 1.64. The molecule has 2 amide bonds. The van der Waals surface area contributed by atoms with Crippen LogP contribution in [0.4, 0.5) is 20.1 Å². The molecule has 2 aromatic rings. The van der Waals surface area contributed by atoms with Gasteiger partial charge in [0.1, 0.15) is 0 Å². The van der Waals surface area contributed by atoms with Gasteiger partial charge >= 0.3 is 16.3 Å². The predicted molar refractivity (Wildman–Crippen MR) is 81.8 cm³/mol. The summed E-state index contributed by atoms with van der Waals surface area (Å²) in [5.74, 6) is 2.46. The minimum absolute atomic E-state index is 0.324. The van der Waals surface area contributed by atoms with E-state index in [-0.39, 0.29) is 0 Å². The van der Waals surface area contributed by atoms with Crippen LogP contribution in [0.2, 0.25) is 0 Å². The van der Waals surface area contributed by atoms with Crippen molar-refractivity contribution in [1.82, 2.24) is 0 Å². The number of carbonyl (C=O) groups is 1. The van der Waals surface area contributed by atoms with Crippen LogP contribution in [0, 0.1) is 12.3 Å². The Kier molecular flexibility index (Phi) is 4.44. The molecule has 0 saturated carbocycles. The van der Waals surface area contributed by atoms with E-state index in [4.69, 9.17) is 6.42 Å². The summed E-state index contributed by atoms with van der Waals surface area (Å²) in [6.45, 7) is 0. The molecule has 2 N–H and O–H groups in total. The van der Waals surface area contributed by atoms with E-state index in [2.05, 4.69) is 16.6 Å². The Morgan fingerprint density at radius 3 is 1.82 bits per heavy atom. The zero-order valence-electron chi connectivity index (χ0n) is 11.2. The second-order valence-corrected chi connectivity index (χ2v) is 5.61. The van der Waals surface area contributed by atoms with Gasteiger partial charge in [-0.1, -0.05) is 5.92 Å². The Labute approximate surface area is 127 Å². The van der Waals surface area contributed by atoms with Gasteiger partial charge in [-0.3, -0.25) is 0 Å². The van der Waals surface area contributed by atoms with Crippen LogP contribution in [0.5, 0.6) is 0 Å². The van der Waals surface area contributed by atoms with Crippen molar-refractivity contribution in [3.8, 4) is 12.3 Å². The third kappa shape index (κ3) is 4.07. The van der Waals surface area contributed by atoms with Crippen LogP contribution in [0.25, 0.3) is 0 Å². The summed E-state index contributed by atoms with van der Waals surface area (Å²) in [5.41, 5.74) is 1.55. The first-order chi connectivity index (χ1) is 10.4. The average Bonchev–Trinajstić information content (AvgIpc) is 2.47. The molecule has 0 atom stereocenters. The van der Waals surface area contributed by atoms with E-state index in [0.29, 0.717) is 16.9 Å². The molecule has 0 aliphatic rings. The summed E-state index contributed by atoms with van der Waals surface area (Å²) in [4.78, 5) is 11.3. The second-order valence-electron chi connectivity index (χ2n) is 4.26. The quantitative estimate of drug-likeness (QED) is 0.675. The van der Waals surface area contributed by atoms with E-state index in [1.807, 2.05) is 0 Å². The third-order valence-electron chi connectivity index (χ3n) is 2.70. The molecule has 2 aromatic carbocycles. The number of anilines is 2. The van der Waals surface area contributed by atoms with Crippen molar-refractivity contribution >= 4 is 27.6 Å². The van der Waals surface area contributed by atoms with Crippen LogP contribution in [0.15, 0.2) is 53.4 Å². The summed E-state index contributed by atoms with van der Waals surface area (Å²) in [6.07, 6.45) is 5.23. The number of rotatable bonds is 3. The van der Waals surface area contributed by atoms with Crippen LogP contribution in [-0.4, -0.2) is 14.4 Å². The number of amides is 2. The van der Waals surface area contributed by atoms with E-state index in [0.717, 1.165) is 12.1 Å². The maximum Gasteiger partial charge on any atom is 0.332 e. The Bertz CT molecular complexity index is 823. The molecule has 0 saturated heterocycles. The number of benzene rings is 2. The van der Waals surface area contributed by atoms with Gasteiger partial charge in [-0.2, -0.15) is 8.42 Å². The molecule has 0 radical (unpaired) electrons. The predicted octanol–water partition coefficient (Wildman–Crippen LogP) is 2.97. The van der Waals surface area contributed by atoms with E-state index in [1.54, 1.807) is 24.3 Å². The van der Waals surface area contributed by atoms with Gasteiger partial charge in [-0.25, -0.2) is 4.79 Å². The highest BCUT2D eigenvalue weighted by atomic mass is 32.3. The molecule has 0 bridgehead atoms. The number of urea groups is 1. The van der Waals surface area contributed by atoms with Crippen LogP contribution in [0.3, 0.4) is 0 Å². The van der Waals surface area contributed by atoms with Crippen molar-refractivity contribution in [3.63, 3.8) is 0 Å². The SMILES string of the molecule is C#Cc1ccc(NC(=O)Nc2ccc(S(=O)(=O)F)cc2)cc1. The van der Waals surface area contributed by atoms with Gasteiger partial charge in [0.05, 0.1) is 4.90 Å². The number of hydrogen-bond donors (Lipinski definition) is 2. The molecule has 0 heterocycles. The van der Waals surface area contributed by atoms with E-state index in [9.17, 15) is 17.1 Å². The lowest BCUT2D eigenvalue weighted by Gasteiger charge is -2.08. The molecule has 0 unspecified atom stereocenters. The Hall–Kier alpha value is -2.85. The monoisotopic (exact) mass is 318 g/mol. The second kappa shape index (κ2) is 6.28. The molecule has 0 aromatic heterocycles. The van der Waals surface area contributed by atoms with Crippen molar-refractivity contribution in [2.24, 2.45) is 0 Å². The molecular weight excluding hydrogens is 307 g/mol. The molecule has 22 heavy (non-hydrogen) atoms. The van der Waals surface area contributed by atoms with Crippen LogP contribution < -0.4 is 10.6 Å². The molecule has 0 aliphatic carbocycles. The first-order valence-corrected chi connectivity index (χ1v) is 7.46. The zero-order valence-corrected chi connectivity index (χ0v) is 12.0. The average molecular weight is 318 g/mol. The lowest BCUT2D eigenvalue weighted by Crippen LogP contribution is -2.19. The van der Waals surface area contributed by atoms with Crippen molar-refractivity contribution in [3.05, 3.63) is 54.1 Å². The first kappa shape index (κ1) is 15.5. The number of hydrogen-bond acceptors (Lipinski definition) is 3. The van der Waals surface area contributed by atoms with Gasteiger partial charge in [0.15, 0.2) is 0 Å². The minimum atomic E-state index is -4.75. The highest BCUT2D eigenvalue weighted by Crippen LogP contribution is 2.16. The topological polar surface area (TPSA) is 75.3 Å². The lowest BCUT2D eigenvalue weighted by molar-refractivity contribution is 0.262. The maximum absolute atomic E-state index is 12.7. The highest BCUT2D eigenvalue weighted by molar-refractivity contribution is 7.86. The summed E-state index contributed by atoms with van der Waals surface area (Å²) >= 11 is 0. The van der Waals surface area contributed by atoms with Gasteiger partial charge in [-0.05, 0) is 48.5 Å². The molecule has 112 valence electrons. The molecule has 5 nitrogen and oxygen atoms in total. The fraction of sp³-hybridized carbons (Fsp3) is 0. The number of nitrogens with one attached hydrogen (secondary N) is 2. The number of halogens is 1. The summed E-state index contributed by atoms with van der Waals surface area (Å²) in [5, 5.41) is 5.07. The van der Waals surface area contributed by atoms with E-state index in [1.165, 1.54) is 12.1 Å². The minimum Gasteiger partial charge on any atom is -0.308 e. The van der Waals surface area contributed by atoms with Gasteiger partial charge in [-0.15, -0.1) is 10.3 Å². The Morgan fingerprint density at radius 1 is 0.955 bits per heavy atom. The standard InChI is InChI=1S/C15H11FN2O3S/c1-2-11-3-5-12(6-4-11)17-15(19)18-13-7-9-14(10-8-13)22(16,20)21/h1,3-10H,(H2,17,18,19). The summed E-state index contributed by atoms with van der Waals surface area (Å²) in [6, 6.07) is 10.8. The third-order valence-corrected chi connectivity index (χ3v) is 3.54. The molecule has 0 spiro atoms. The van der Waals surface area contributed by atoms with Crippen molar-refractivity contribution in [2.45, 2.75) is 4.90 Å². The number of carbonyl (C=O) groups excluding carboxylic acids is 1. The van der Waals surface area contributed by atoms with Crippen LogP contribution in [0.1, 0.15) is 5.56 Å². The summed E-state index contributed by atoms with van der Waals surface area (Å²) in [7, 11) is -4.75. The fourth-order valence-corrected chi connectivity index (χ4v) is 2.11. The highest BCUT2D eigenvalue weighted by Gasteiger charge is 2.11. The van der Waals surface area contributed by atoms with Crippen molar-refractivity contribution in [2.75, 3.05) is 10.6 Å². The molecule has 7 heteroatoms.